The van der Waals surface area contributed by atoms with E-state index >= 15 is 4.39 Å². The van der Waals surface area contributed by atoms with Crippen molar-refractivity contribution in [2.24, 2.45) is 0 Å². The monoisotopic (exact) mass is 620 g/mol. The standard InChI is InChI=1S/C29H29ClF4N6OS/c30-18-13-17-22(21(32)20(18)16-5-6-19(31)24-23(16)36-26(35)42-24)37-27(41-15-28-7-3-11-40(28)12-4-8-28)38-25(17)39-10-2-1-9-29(33,34)14-39/h5-6,13H,1-4,7-12,14-15H2,(H2,35,36). The number of halogens is 5. The number of nitrogens with two attached hydrogens (primary N) is 1. The van der Waals surface area contributed by atoms with E-state index in [1.807, 2.05) is 0 Å². The highest BCUT2D eigenvalue weighted by molar-refractivity contribution is 7.22. The Labute approximate surface area is 248 Å². The van der Waals surface area contributed by atoms with Crippen LogP contribution < -0.4 is 15.4 Å². The van der Waals surface area contributed by atoms with Crippen molar-refractivity contribution in [3.63, 3.8) is 0 Å². The molecule has 5 heterocycles. The summed E-state index contributed by atoms with van der Waals surface area (Å²) < 4.78 is 67.0. The average molecular weight is 621 g/mol. The molecule has 2 aromatic carbocycles. The van der Waals surface area contributed by atoms with Crippen LogP contribution in [0.2, 0.25) is 5.02 Å². The number of alkyl halides is 2. The van der Waals surface area contributed by atoms with Crippen molar-refractivity contribution in [1.29, 1.82) is 0 Å². The number of fused-ring (bicyclic) bond motifs is 3. The summed E-state index contributed by atoms with van der Waals surface area (Å²) in [5.41, 5.74) is 6.01. The van der Waals surface area contributed by atoms with Gasteiger partial charge >= 0.3 is 6.01 Å². The lowest BCUT2D eigenvalue weighted by atomic mass is 9.95. The topological polar surface area (TPSA) is 80.4 Å². The van der Waals surface area contributed by atoms with E-state index < -0.39 is 24.1 Å². The number of aromatic nitrogens is 3. The van der Waals surface area contributed by atoms with E-state index in [0.717, 1.165) is 50.1 Å². The molecule has 0 aliphatic carbocycles. The summed E-state index contributed by atoms with van der Waals surface area (Å²) in [6.45, 7) is 2.08. The Hall–Kier alpha value is -2.96. The van der Waals surface area contributed by atoms with Crippen LogP contribution in [-0.2, 0) is 0 Å². The molecule has 0 radical (unpaired) electrons. The Morgan fingerprint density at radius 3 is 2.55 bits per heavy atom. The molecule has 0 amide bonds. The molecule has 3 aliphatic rings. The molecule has 0 bridgehead atoms. The molecule has 2 aromatic heterocycles. The first kappa shape index (κ1) is 27.8. The zero-order valence-electron chi connectivity index (χ0n) is 22.7. The molecule has 0 saturated carbocycles. The molecule has 7 nitrogen and oxygen atoms in total. The molecule has 222 valence electrons. The predicted molar refractivity (Wildman–Crippen MR) is 157 cm³/mol. The quantitative estimate of drug-likeness (QED) is 0.239. The Kier molecular flexibility index (Phi) is 6.86. The highest BCUT2D eigenvalue weighted by Crippen LogP contribution is 2.44. The number of thiazole rings is 1. The number of hydrogen-bond acceptors (Lipinski definition) is 8. The second-order valence-corrected chi connectivity index (χ2v) is 13.0. The largest absolute Gasteiger partial charge is 0.461 e. The first-order valence-corrected chi connectivity index (χ1v) is 15.4. The summed E-state index contributed by atoms with van der Waals surface area (Å²) in [5.74, 6) is -4.11. The summed E-state index contributed by atoms with van der Waals surface area (Å²) in [7, 11) is 0. The van der Waals surface area contributed by atoms with Crippen LogP contribution in [0, 0.1) is 11.6 Å². The fraction of sp³-hybridized carbons (Fsp3) is 0.483. The van der Waals surface area contributed by atoms with Gasteiger partial charge in [0.05, 0.1) is 27.3 Å². The smallest absolute Gasteiger partial charge is 0.319 e. The third-order valence-electron chi connectivity index (χ3n) is 8.85. The van der Waals surface area contributed by atoms with Gasteiger partial charge in [-0.2, -0.15) is 9.97 Å². The number of hydrogen-bond donors (Lipinski definition) is 1. The summed E-state index contributed by atoms with van der Waals surface area (Å²) in [4.78, 5) is 17.2. The van der Waals surface area contributed by atoms with Crippen LogP contribution in [0.3, 0.4) is 0 Å². The Morgan fingerprint density at radius 2 is 1.76 bits per heavy atom. The zero-order valence-corrected chi connectivity index (χ0v) is 24.3. The predicted octanol–water partition coefficient (Wildman–Crippen LogP) is 7.05. The van der Waals surface area contributed by atoms with E-state index in [-0.39, 0.29) is 66.2 Å². The molecule has 7 rings (SSSR count). The first-order chi connectivity index (χ1) is 20.1. The number of nitrogens with zero attached hydrogens (tertiary/aromatic N) is 5. The number of benzene rings is 2. The number of anilines is 2. The molecule has 42 heavy (non-hydrogen) atoms. The van der Waals surface area contributed by atoms with Crippen molar-refractivity contribution in [3.05, 3.63) is 34.9 Å². The van der Waals surface area contributed by atoms with Crippen LogP contribution in [0.25, 0.3) is 32.2 Å². The van der Waals surface area contributed by atoms with E-state index in [4.69, 9.17) is 22.1 Å². The fourth-order valence-corrected chi connectivity index (χ4v) is 7.93. The fourth-order valence-electron chi connectivity index (χ4n) is 6.87. The van der Waals surface area contributed by atoms with Crippen LogP contribution in [0.4, 0.5) is 28.5 Å². The Morgan fingerprint density at radius 1 is 0.976 bits per heavy atom. The van der Waals surface area contributed by atoms with Gasteiger partial charge in [-0.25, -0.2) is 22.5 Å². The lowest BCUT2D eigenvalue weighted by molar-refractivity contribution is 0.00337. The molecule has 13 heteroatoms. The van der Waals surface area contributed by atoms with Crippen LogP contribution in [0.1, 0.15) is 44.9 Å². The summed E-state index contributed by atoms with van der Waals surface area (Å²) in [6, 6.07) is 4.02. The van der Waals surface area contributed by atoms with Gasteiger partial charge in [0.1, 0.15) is 23.8 Å². The molecule has 0 spiro atoms. The van der Waals surface area contributed by atoms with Crippen LogP contribution in [0.15, 0.2) is 18.2 Å². The normalized spacial score (nSPS) is 20.4. The second-order valence-electron chi connectivity index (χ2n) is 11.5. The van der Waals surface area contributed by atoms with Gasteiger partial charge in [-0.3, -0.25) is 4.90 Å². The van der Waals surface area contributed by atoms with Crippen molar-refractivity contribution in [1.82, 2.24) is 19.9 Å². The van der Waals surface area contributed by atoms with Crippen molar-refractivity contribution in [2.75, 3.05) is 43.4 Å². The second kappa shape index (κ2) is 10.3. The van der Waals surface area contributed by atoms with Crippen molar-refractivity contribution in [3.8, 4) is 17.1 Å². The van der Waals surface area contributed by atoms with Crippen LogP contribution in [-0.4, -0.2) is 64.1 Å². The van der Waals surface area contributed by atoms with Crippen LogP contribution >= 0.6 is 22.9 Å². The zero-order chi connectivity index (χ0) is 29.2. The van der Waals surface area contributed by atoms with Gasteiger partial charge in [-0.1, -0.05) is 22.9 Å². The first-order valence-electron chi connectivity index (χ1n) is 14.2. The third-order valence-corrected chi connectivity index (χ3v) is 10.0. The van der Waals surface area contributed by atoms with E-state index in [1.165, 1.54) is 23.1 Å². The third kappa shape index (κ3) is 4.71. The molecule has 0 unspecified atom stereocenters. The van der Waals surface area contributed by atoms with Gasteiger partial charge < -0.3 is 15.4 Å². The Balaban J connectivity index is 1.39. The highest BCUT2D eigenvalue weighted by Gasteiger charge is 2.45. The minimum absolute atomic E-state index is 0.00831. The number of ether oxygens (including phenoxy) is 1. The minimum Gasteiger partial charge on any atom is -0.461 e. The maximum absolute atomic E-state index is 16.6. The van der Waals surface area contributed by atoms with Gasteiger partial charge in [0.15, 0.2) is 10.9 Å². The van der Waals surface area contributed by atoms with E-state index in [0.29, 0.717) is 26.0 Å². The molecule has 0 atom stereocenters. The molecule has 3 fully saturated rings. The van der Waals surface area contributed by atoms with Gasteiger partial charge in [0.2, 0.25) is 0 Å². The highest BCUT2D eigenvalue weighted by atomic mass is 35.5. The van der Waals surface area contributed by atoms with E-state index in [9.17, 15) is 13.2 Å². The summed E-state index contributed by atoms with van der Waals surface area (Å²) >= 11 is 7.64. The van der Waals surface area contributed by atoms with Crippen molar-refractivity contribution in [2.45, 2.75) is 56.4 Å². The molecule has 3 aliphatic heterocycles. The molecule has 4 aromatic rings. The van der Waals surface area contributed by atoms with Crippen molar-refractivity contribution >= 4 is 55.0 Å². The van der Waals surface area contributed by atoms with E-state index in [2.05, 4.69) is 19.9 Å². The number of rotatable bonds is 5. The van der Waals surface area contributed by atoms with Crippen molar-refractivity contribution < 1.29 is 22.3 Å². The molecule has 2 N–H and O–H groups in total. The minimum atomic E-state index is -2.94. The molecular formula is C29H29ClF4N6OS. The molecular weight excluding hydrogens is 592 g/mol. The van der Waals surface area contributed by atoms with Gasteiger partial charge in [-0.15, -0.1) is 0 Å². The van der Waals surface area contributed by atoms with E-state index in [1.54, 1.807) is 0 Å². The van der Waals surface area contributed by atoms with Gasteiger partial charge in [0, 0.05) is 29.5 Å². The maximum atomic E-state index is 16.6. The van der Waals surface area contributed by atoms with Gasteiger partial charge in [0.25, 0.3) is 5.92 Å². The Bertz CT molecular complexity index is 1690. The molecule has 3 saturated heterocycles. The summed E-state index contributed by atoms with van der Waals surface area (Å²) in [6.07, 6.45) is 4.77. The lowest BCUT2D eigenvalue weighted by Crippen LogP contribution is -2.43. The van der Waals surface area contributed by atoms with Gasteiger partial charge in [-0.05, 0) is 69.8 Å². The lowest BCUT2D eigenvalue weighted by Gasteiger charge is -2.31. The SMILES string of the molecule is Nc1nc2c(-c3c(Cl)cc4c(N5CCCCC(F)(F)C5)nc(OCC56CCCN5CCC6)nc4c3F)ccc(F)c2s1. The average Bonchev–Trinajstić information content (AvgIpc) is 3.61. The van der Waals surface area contributed by atoms with Crippen LogP contribution in [0.5, 0.6) is 6.01 Å². The summed E-state index contributed by atoms with van der Waals surface area (Å²) in [5, 5.41) is 0.318. The maximum Gasteiger partial charge on any atom is 0.319 e. The number of nitrogen functional groups attached to an aromatic ring is 1.